The van der Waals surface area contributed by atoms with Gasteiger partial charge in [-0.15, -0.1) is 6.58 Å². The molecular formula is C7H13NO3. The van der Waals surface area contributed by atoms with E-state index < -0.39 is 5.97 Å². The number of nitrogens with zero attached hydrogens (tertiary/aromatic N) is 1. The number of carbonyl (C=O) groups is 1. The van der Waals surface area contributed by atoms with Crippen molar-refractivity contribution in [3.8, 4) is 0 Å². The summed E-state index contributed by atoms with van der Waals surface area (Å²) in [4.78, 5) is 11.8. The molecule has 0 aliphatic heterocycles. The second-order valence-electron chi connectivity index (χ2n) is 2.14. The van der Waals surface area contributed by atoms with Crippen molar-refractivity contribution in [2.24, 2.45) is 0 Å². The molecule has 0 aromatic carbocycles. The Morgan fingerprint density at radius 3 is 2.64 bits per heavy atom. The summed E-state index contributed by atoms with van der Waals surface area (Å²) in [6.45, 7) is 4.26. The van der Waals surface area contributed by atoms with Crippen molar-refractivity contribution < 1.29 is 15.0 Å². The van der Waals surface area contributed by atoms with Crippen LogP contribution >= 0.6 is 0 Å². The first-order valence-corrected chi connectivity index (χ1v) is 3.36. The van der Waals surface area contributed by atoms with Gasteiger partial charge < -0.3 is 10.2 Å². The number of carboxylic acids is 1. The van der Waals surface area contributed by atoms with Gasteiger partial charge in [0.2, 0.25) is 0 Å². The van der Waals surface area contributed by atoms with Gasteiger partial charge in [0, 0.05) is 13.1 Å². The van der Waals surface area contributed by atoms with Crippen molar-refractivity contribution in [1.82, 2.24) is 4.90 Å². The van der Waals surface area contributed by atoms with Crippen molar-refractivity contribution in [3.05, 3.63) is 12.7 Å². The van der Waals surface area contributed by atoms with Gasteiger partial charge in [-0.1, -0.05) is 6.08 Å². The van der Waals surface area contributed by atoms with Crippen molar-refractivity contribution >= 4 is 5.97 Å². The van der Waals surface area contributed by atoms with E-state index >= 15 is 0 Å². The van der Waals surface area contributed by atoms with Crippen LogP contribution in [0.1, 0.15) is 0 Å². The Morgan fingerprint density at radius 2 is 2.27 bits per heavy atom. The van der Waals surface area contributed by atoms with Gasteiger partial charge >= 0.3 is 5.97 Å². The molecule has 0 saturated heterocycles. The molecule has 0 bridgehead atoms. The first-order valence-electron chi connectivity index (χ1n) is 3.36. The highest BCUT2D eigenvalue weighted by molar-refractivity contribution is 5.69. The van der Waals surface area contributed by atoms with E-state index in [-0.39, 0.29) is 13.2 Å². The van der Waals surface area contributed by atoms with Crippen molar-refractivity contribution in [2.75, 3.05) is 26.2 Å². The maximum absolute atomic E-state index is 10.2. The van der Waals surface area contributed by atoms with Gasteiger partial charge in [0.1, 0.15) is 0 Å². The van der Waals surface area contributed by atoms with Crippen molar-refractivity contribution in [3.63, 3.8) is 0 Å². The van der Waals surface area contributed by atoms with E-state index in [2.05, 4.69) is 6.58 Å². The minimum absolute atomic E-state index is 0.0267. The van der Waals surface area contributed by atoms with Gasteiger partial charge in [0.05, 0.1) is 13.2 Å². The number of hydrogen-bond donors (Lipinski definition) is 2. The molecule has 0 unspecified atom stereocenters. The van der Waals surface area contributed by atoms with Gasteiger partial charge in [-0.2, -0.15) is 0 Å². The van der Waals surface area contributed by atoms with Crippen LogP contribution in [0, 0.1) is 0 Å². The fourth-order valence-electron chi connectivity index (χ4n) is 0.750. The Hall–Kier alpha value is -0.870. The average molecular weight is 159 g/mol. The largest absolute Gasteiger partial charge is 0.480 e. The lowest BCUT2D eigenvalue weighted by atomic mass is 10.4. The lowest BCUT2D eigenvalue weighted by Gasteiger charge is -2.15. The Bertz CT molecular complexity index is 136. The normalized spacial score (nSPS) is 10.0. The molecule has 11 heavy (non-hydrogen) atoms. The number of rotatable bonds is 6. The lowest BCUT2D eigenvalue weighted by molar-refractivity contribution is -0.138. The first-order chi connectivity index (χ1) is 5.20. The van der Waals surface area contributed by atoms with Crippen LogP contribution in [0.5, 0.6) is 0 Å². The van der Waals surface area contributed by atoms with E-state index in [0.717, 1.165) is 0 Å². The summed E-state index contributed by atoms with van der Waals surface area (Å²) in [5.74, 6) is -0.889. The molecule has 0 atom stereocenters. The van der Waals surface area contributed by atoms with Crippen LogP contribution in [0.2, 0.25) is 0 Å². The quantitative estimate of drug-likeness (QED) is 0.515. The molecule has 0 heterocycles. The lowest BCUT2D eigenvalue weighted by Crippen LogP contribution is -2.32. The van der Waals surface area contributed by atoms with Crippen LogP contribution in [0.4, 0.5) is 0 Å². The van der Waals surface area contributed by atoms with Crippen LogP contribution in [0.15, 0.2) is 12.7 Å². The van der Waals surface area contributed by atoms with Crippen molar-refractivity contribution in [1.29, 1.82) is 0 Å². The predicted octanol–water partition coefficient (Wildman–Crippen LogP) is -0.449. The molecule has 0 rings (SSSR count). The summed E-state index contributed by atoms with van der Waals surface area (Å²) in [5, 5.41) is 16.9. The Morgan fingerprint density at radius 1 is 1.64 bits per heavy atom. The third kappa shape index (κ3) is 5.57. The predicted molar refractivity (Wildman–Crippen MR) is 41.4 cm³/mol. The topological polar surface area (TPSA) is 60.8 Å². The van der Waals surface area contributed by atoms with E-state index in [1.165, 1.54) is 0 Å². The molecule has 0 saturated carbocycles. The van der Waals surface area contributed by atoms with Gasteiger partial charge in [0.25, 0.3) is 0 Å². The summed E-state index contributed by atoms with van der Waals surface area (Å²) in [6, 6.07) is 0. The van der Waals surface area contributed by atoms with Crippen molar-refractivity contribution in [2.45, 2.75) is 0 Å². The molecule has 0 aliphatic rings. The van der Waals surface area contributed by atoms with Gasteiger partial charge in [-0.25, -0.2) is 0 Å². The summed E-state index contributed by atoms with van der Waals surface area (Å²) < 4.78 is 0. The van der Waals surface area contributed by atoms with Crippen LogP contribution in [0.25, 0.3) is 0 Å². The fraction of sp³-hybridized carbons (Fsp3) is 0.571. The number of hydrogen-bond acceptors (Lipinski definition) is 3. The smallest absolute Gasteiger partial charge is 0.317 e. The molecule has 0 aliphatic carbocycles. The zero-order valence-corrected chi connectivity index (χ0v) is 6.36. The number of aliphatic carboxylic acids is 1. The molecule has 0 aromatic heterocycles. The molecule has 0 fully saturated rings. The minimum Gasteiger partial charge on any atom is -0.480 e. The van der Waals surface area contributed by atoms with Gasteiger partial charge in [-0.05, 0) is 0 Å². The highest BCUT2D eigenvalue weighted by atomic mass is 16.4. The van der Waals surface area contributed by atoms with Crippen LogP contribution < -0.4 is 0 Å². The standard InChI is InChI=1S/C7H13NO3/c1-2-3-8(4-5-9)6-7(10)11/h2,9H,1,3-6H2,(H,10,11). The molecule has 4 nitrogen and oxygen atoms in total. The molecule has 0 aromatic rings. The molecule has 4 heteroatoms. The molecule has 0 spiro atoms. The van der Waals surface area contributed by atoms with Crippen LogP contribution in [-0.2, 0) is 4.79 Å². The van der Waals surface area contributed by atoms with E-state index in [4.69, 9.17) is 10.2 Å². The number of aliphatic hydroxyl groups excluding tert-OH is 1. The van der Waals surface area contributed by atoms with E-state index in [0.29, 0.717) is 13.1 Å². The maximum atomic E-state index is 10.2. The van der Waals surface area contributed by atoms with Gasteiger partial charge in [-0.3, -0.25) is 9.69 Å². The number of aliphatic hydroxyl groups is 1. The highest BCUT2D eigenvalue weighted by Gasteiger charge is 2.05. The molecule has 2 N–H and O–H groups in total. The SMILES string of the molecule is C=CCN(CCO)CC(=O)O. The third-order valence-electron chi connectivity index (χ3n) is 1.16. The van der Waals surface area contributed by atoms with E-state index in [1.807, 2.05) is 0 Å². The summed E-state index contributed by atoms with van der Waals surface area (Å²) in [5.41, 5.74) is 0. The summed E-state index contributed by atoms with van der Waals surface area (Å²) in [7, 11) is 0. The Kier molecular flexibility index (Phi) is 5.42. The monoisotopic (exact) mass is 159 g/mol. The number of carboxylic acid groups (broad SMARTS) is 1. The van der Waals surface area contributed by atoms with Gasteiger partial charge in [0.15, 0.2) is 0 Å². The molecular weight excluding hydrogens is 146 g/mol. The average Bonchev–Trinajstić information content (AvgIpc) is 1.87. The fourth-order valence-corrected chi connectivity index (χ4v) is 0.750. The maximum Gasteiger partial charge on any atom is 0.317 e. The molecule has 64 valence electrons. The van der Waals surface area contributed by atoms with Crippen LogP contribution in [0.3, 0.4) is 0 Å². The second-order valence-corrected chi connectivity index (χ2v) is 2.14. The molecule has 0 amide bonds. The Labute approximate surface area is 65.7 Å². The van der Waals surface area contributed by atoms with E-state index in [1.54, 1.807) is 11.0 Å². The van der Waals surface area contributed by atoms with Crippen LogP contribution in [-0.4, -0.2) is 47.3 Å². The summed E-state index contributed by atoms with van der Waals surface area (Å²) >= 11 is 0. The van der Waals surface area contributed by atoms with E-state index in [9.17, 15) is 4.79 Å². The first kappa shape index (κ1) is 10.1. The zero-order valence-electron chi connectivity index (χ0n) is 6.36. The Balaban J connectivity index is 3.67. The zero-order chi connectivity index (χ0) is 8.69. The third-order valence-corrected chi connectivity index (χ3v) is 1.16. The minimum atomic E-state index is -0.889. The second kappa shape index (κ2) is 5.88. The highest BCUT2D eigenvalue weighted by Crippen LogP contribution is 1.86. The molecule has 0 radical (unpaired) electrons. The summed E-state index contributed by atoms with van der Waals surface area (Å²) in [6.07, 6.45) is 1.61.